The molecule has 0 aliphatic rings. The van der Waals surface area contributed by atoms with E-state index in [0.717, 1.165) is 36.0 Å². The number of ketones is 1. The van der Waals surface area contributed by atoms with Crippen LogP contribution >= 0.6 is 0 Å². The molecule has 2 rings (SSSR count). The van der Waals surface area contributed by atoms with E-state index in [4.69, 9.17) is 6.42 Å². The van der Waals surface area contributed by atoms with E-state index in [1.807, 2.05) is 19.1 Å². The summed E-state index contributed by atoms with van der Waals surface area (Å²) in [5, 5.41) is 0. The van der Waals surface area contributed by atoms with Gasteiger partial charge < -0.3 is 0 Å². The molecular weight excluding hydrogens is 316 g/mol. The van der Waals surface area contributed by atoms with Gasteiger partial charge in [-0.05, 0) is 80.9 Å². The van der Waals surface area contributed by atoms with E-state index in [0.29, 0.717) is 0 Å². The first kappa shape index (κ1) is 19.7. The Bertz CT molecular complexity index is 836. The lowest BCUT2D eigenvalue weighted by molar-refractivity contribution is -0.113. The van der Waals surface area contributed by atoms with E-state index >= 15 is 0 Å². The van der Waals surface area contributed by atoms with Gasteiger partial charge >= 0.3 is 0 Å². The van der Waals surface area contributed by atoms with Crippen molar-refractivity contribution in [3.63, 3.8) is 0 Å². The monoisotopic (exact) mass is 344 g/mol. The minimum atomic E-state index is -0.280. The Hall–Kier alpha value is -2.59. The number of aryl methyl sites for hydroxylation is 2. The van der Waals surface area contributed by atoms with Crippen LogP contribution in [0.15, 0.2) is 54.1 Å². The largest absolute Gasteiger partial charge is 0.295 e. The zero-order chi connectivity index (χ0) is 19.2. The van der Waals surface area contributed by atoms with Crippen molar-refractivity contribution in [3.05, 3.63) is 76.4 Å². The zero-order valence-electron chi connectivity index (χ0n) is 16.3. The van der Waals surface area contributed by atoms with Gasteiger partial charge in [-0.15, -0.1) is 6.42 Å². The predicted molar refractivity (Wildman–Crippen MR) is 111 cm³/mol. The van der Waals surface area contributed by atoms with Crippen LogP contribution in [0.1, 0.15) is 55.9 Å². The lowest BCUT2D eigenvalue weighted by Gasteiger charge is -2.25. The van der Waals surface area contributed by atoms with Crippen LogP contribution in [-0.4, -0.2) is 5.78 Å². The van der Waals surface area contributed by atoms with Crippen molar-refractivity contribution in [2.75, 3.05) is 0 Å². The topological polar surface area (TPSA) is 17.1 Å². The first-order valence-corrected chi connectivity index (χ1v) is 9.18. The van der Waals surface area contributed by atoms with Crippen molar-refractivity contribution in [2.45, 2.75) is 52.4 Å². The Morgan fingerprint density at radius 1 is 1.15 bits per heavy atom. The fraction of sp³-hybridized carbons (Fsp3) is 0.320. The number of carbonyl (C=O) groups is 1. The molecule has 0 bridgehead atoms. The molecule has 1 unspecified atom stereocenters. The van der Waals surface area contributed by atoms with E-state index in [-0.39, 0.29) is 11.2 Å². The summed E-state index contributed by atoms with van der Waals surface area (Å²) >= 11 is 0. The zero-order valence-corrected chi connectivity index (χ0v) is 16.3. The second kappa shape index (κ2) is 8.68. The van der Waals surface area contributed by atoms with Gasteiger partial charge in [0.15, 0.2) is 5.78 Å². The third-order valence-electron chi connectivity index (χ3n) is 5.14. The van der Waals surface area contributed by atoms with Crippen molar-refractivity contribution in [1.29, 1.82) is 0 Å². The highest BCUT2D eigenvalue weighted by molar-refractivity contribution is 5.97. The van der Waals surface area contributed by atoms with Gasteiger partial charge in [-0.3, -0.25) is 4.79 Å². The van der Waals surface area contributed by atoms with Gasteiger partial charge in [0.1, 0.15) is 0 Å². The first-order chi connectivity index (χ1) is 12.4. The molecule has 0 heterocycles. The van der Waals surface area contributed by atoms with Crippen LogP contribution in [0, 0.1) is 19.3 Å². The molecule has 0 saturated carbocycles. The number of hydrogen-bond donors (Lipinski definition) is 0. The molecular formula is C25H28O. The van der Waals surface area contributed by atoms with Gasteiger partial charge in [-0.2, -0.15) is 0 Å². The molecule has 2 aromatic carbocycles. The molecule has 0 aromatic heterocycles. The minimum Gasteiger partial charge on any atom is -0.295 e. The highest BCUT2D eigenvalue weighted by atomic mass is 16.1. The Kier molecular flexibility index (Phi) is 6.58. The maximum atomic E-state index is 11.5. The molecule has 0 fully saturated rings. The summed E-state index contributed by atoms with van der Waals surface area (Å²) in [6.45, 7) is 7.66. The molecule has 1 atom stereocenters. The molecule has 0 amide bonds. The smallest absolute Gasteiger partial charge is 0.155 e. The molecule has 2 aromatic rings. The Labute approximate surface area is 158 Å². The molecule has 0 radical (unpaired) electrons. The summed E-state index contributed by atoms with van der Waals surface area (Å²) < 4.78 is 0. The third kappa shape index (κ3) is 4.96. The van der Waals surface area contributed by atoms with E-state index in [2.05, 4.69) is 62.2 Å². The molecule has 0 N–H and O–H groups in total. The molecule has 0 aliphatic heterocycles. The molecule has 1 heteroatoms. The van der Waals surface area contributed by atoms with E-state index < -0.39 is 0 Å². The molecule has 0 aliphatic carbocycles. The highest BCUT2D eigenvalue weighted by Crippen LogP contribution is 2.31. The number of carbonyl (C=O) groups excluding carboxylic acids is 1. The molecule has 0 saturated heterocycles. The average Bonchev–Trinajstić information content (AvgIpc) is 2.63. The van der Waals surface area contributed by atoms with Gasteiger partial charge in [0.2, 0.25) is 0 Å². The van der Waals surface area contributed by atoms with Crippen molar-refractivity contribution >= 4 is 11.9 Å². The van der Waals surface area contributed by atoms with Gasteiger partial charge in [-0.25, -0.2) is 0 Å². The standard InChI is InChI=1S/C25H28O/c1-6-25(5,16-10-13-22-11-8-7-9-12-22)24-15-14-23(20(3)18-24)17-19(2)21(4)26/h1,7-9,11-12,14-15,17-18H,10,13,16H2,2-5H3/b19-17-. The Morgan fingerprint density at radius 2 is 1.85 bits per heavy atom. The Morgan fingerprint density at radius 3 is 2.42 bits per heavy atom. The number of benzene rings is 2. The summed E-state index contributed by atoms with van der Waals surface area (Å²) in [7, 11) is 0. The van der Waals surface area contributed by atoms with Crippen LogP contribution in [0.4, 0.5) is 0 Å². The van der Waals surface area contributed by atoms with Crippen molar-refractivity contribution in [2.24, 2.45) is 0 Å². The number of terminal acetylenes is 1. The van der Waals surface area contributed by atoms with E-state index in [1.54, 1.807) is 6.92 Å². The van der Waals surface area contributed by atoms with Crippen LogP contribution in [0.2, 0.25) is 0 Å². The van der Waals surface area contributed by atoms with Gasteiger partial charge in [0, 0.05) is 0 Å². The fourth-order valence-electron chi connectivity index (χ4n) is 3.11. The summed E-state index contributed by atoms with van der Waals surface area (Å²) in [6, 6.07) is 16.9. The fourth-order valence-corrected chi connectivity index (χ4v) is 3.11. The normalized spacial score (nSPS) is 13.7. The summed E-state index contributed by atoms with van der Waals surface area (Å²) in [5.41, 5.74) is 5.23. The summed E-state index contributed by atoms with van der Waals surface area (Å²) in [4.78, 5) is 11.5. The van der Waals surface area contributed by atoms with E-state index in [1.165, 1.54) is 11.1 Å². The maximum Gasteiger partial charge on any atom is 0.155 e. The Balaban J connectivity index is 2.15. The van der Waals surface area contributed by atoms with Gasteiger partial charge in [0.05, 0.1) is 5.41 Å². The second-order valence-corrected chi connectivity index (χ2v) is 7.27. The molecule has 26 heavy (non-hydrogen) atoms. The second-order valence-electron chi connectivity index (χ2n) is 7.27. The molecule has 0 spiro atoms. The maximum absolute atomic E-state index is 11.5. The van der Waals surface area contributed by atoms with Crippen molar-refractivity contribution < 1.29 is 4.79 Å². The summed E-state index contributed by atoms with van der Waals surface area (Å²) in [5.74, 6) is 3.12. The van der Waals surface area contributed by atoms with Crippen LogP contribution in [-0.2, 0) is 16.6 Å². The third-order valence-corrected chi connectivity index (χ3v) is 5.14. The average molecular weight is 344 g/mol. The lowest BCUT2D eigenvalue weighted by Crippen LogP contribution is -2.20. The lowest BCUT2D eigenvalue weighted by atomic mass is 9.77. The van der Waals surface area contributed by atoms with Crippen LogP contribution in [0.3, 0.4) is 0 Å². The predicted octanol–water partition coefficient (Wildman–Crippen LogP) is 5.90. The van der Waals surface area contributed by atoms with Crippen LogP contribution in [0.5, 0.6) is 0 Å². The minimum absolute atomic E-state index is 0.0999. The van der Waals surface area contributed by atoms with Gasteiger partial charge in [0.25, 0.3) is 0 Å². The molecule has 134 valence electrons. The number of hydrogen-bond acceptors (Lipinski definition) is 1. The van der Waals surface area contributed by atoms with E-state index in [9.17, 15) is 4.79 Å². The SMILES string of the molecule is C#CC(C)(CCCc1ccccc1)c1ccc(/C=C(/C)C(C)=O)c(C)c1. The van der Waals surface area contributed by atoms with Crippen LogP contribution in [0.25, 0.3) is 6.08 Å². The quantitative estimate of drug-likeness (QED) is 0.451. The molecule has 1 nitrogen and oxygen atoms in total. The number of allylic oxidation sites excluding steroid dienone is 1. The van der Waals surface area contributed by atoms with Gasteiger partial charge in [-0.1, -0.05) is 54.5 Å². The summed E-state index contributed by atoms with van der Waals surface area (Å²) in [6.07, 6.45) is 10.9. The van der Waals surface area contributed by atoms with Crippen molar-refractivity contribution in [3.8, 4) is 12.3 Å². The highest BCUT2D eigenvalue weighted by Gasteiger charge is 2.24. The number of Topliss-reactive ketones (excluding diaryl/α,β-unsaturated/α-hetero) is 1. The van der Waals surface area contributed by atoms with Crippen LogP contribution < -0.4 is 0 Å². The van der Waals surface area contributed by atoms with Crippen molar-refractivity contribution in [1.82, 2.24) is 0 Å². The first-order valence-electron chi connectivity index (χ1n) is 9.18. The number of rotatable bonds is 7.